The quantitative estimate of drug-likeness (QED) is 0.414. The maximum atomic E-state index is 13.2. The minimum atomic E-state index is -0.772. The van der Waals surface area contributed by atoms with Crippen LogP contribution < -0.4 is 15.1 Å². The fraction of sp³-hybridized carbons (Fsp3) is 0.160. The molecule has 1 aliphatic rings. The van der Waals surface area contributed by atoms with Crippen LogP contribution in [-0.2, 0) is 9.59 Å². The topological polar surface area (TPSA) is 74.6 Å². The van der Waals surface area contributed by atoms with Gasteiger partial charge in [-0.25, -0.2) is 9.69 Å². The van der Waals surface area contributed by atoms with E-state index in [2.05, 4.69) is 25.8 Å². The molecule has 1 aliphatic heterocycles. The van der Waals surface area contributed by atoms with E-state index in [1.165, 1.54) is 0 Å². The van der Waals surface area contributed by atoms with Gasteiger partial charge in [0.25, 0.3) is 11.8 Å². The van der Waals surface area contributed by atoms with E-state index in [4.69, 9.17) is 0 Å². The second kappa shape index (κ2) is 8.71. The SMILES string of the molecule is Cc1cc(/C=C2\C(=O)NC(=O)N(c3cccc(Br)c3)C2=O)c(C)n1-c1ccc(N(C)C)cc1. The van der Waals surface area contributed by atoms with Gasteiger partial charge in [-0.2, -0.15) is 0 Å². The fourth-order valence-corrected chi connectivity index (χ4v) is 4.28. The van der Waals surface area contributed by atoms with Crippen molar-refractivity contribution < 1.29 is 14.4 Å². The van der Waals surface area contributed by atoms with E-state index in [9.17, 15) is 14.4 Å². The van der Waals surface area contributed by atoms with E-state index in [1.807, 2.05) is 63.2 Å². The minimum absolute atomic E-state index is 0.0993. The highest BCUT2D eigenvalue weighted by Crippen LogP contribution is 2.27. The Labute approximate surface area is 200 Å². The lowest BCUT2D eigenvalue weighted by Crippen LogP contribution is -2.54. The van der Waals surface area contributed by atoms with Crippen LogP contribution in [0.1, 0.15) is 17.0 Å². The number of aryl methyl sites for hydroxylation is 1. The van der Waals surface area contributed by atoms with E-state index >= 15 is 0 Å². The molecule has 168 valence electrons. The molecular weight excluding hydrogens is 484 g/mol. The number of nitrogens with one attached hydrogen (secondary N) is 1. The highest BCUT2D eigenvalue weighted by Gasteiger charge is 2.37. The number of imide groups is 2. The lowest BCUT2D eigenvalue weighted by molar-refractivity contribution is -0.122. The van der Waals surface area contributed by atoms with Crippen molar-refractivity contribution in [3.05, 3.63) is 81.6 Å². The van der Waals surface area contributed by atoms with Gasteiger partial charge in [-0.3, -0.25) is 14.9 Å². The predicted molar refractivity (Wildman–Crippen MR) is 133 cm³/mol. The van der Waals surface area contributed by atoms with Crippen molar-refractivity contribution in [1.82, 2.24) is 9.88 Å². The van der Waals surface area contributed by atoms with Crippen LogP contribution in [0, 0.1) is 13.8 Å². The largest absolute Gasteiger partial charge is 0.378 e. The Bertz CT molecular complexity index is 1310. The molecule has 0 aliphatic carbocycles. The summed E-state index contributed by atoms with van der Waals surface area (Å²) >= 11 is 3.35. The molecule has 2 heterocycles. The van der Waals surface area contributed by atoms with Crippen molar-refractivity contribution >= 4 is 51.2 Å². The van der Waals surface area contributed by atoms with Gasteiger partial charge in [-0.15, -0.1) is 0 Å². The lowest BCUT2D eigenvalue weighted by Gasteiger charge is -2.26. The molecule has 0 atom stereocenters. The maximum absolute atomic E-state index is 13.2. The highest BCUT2D eigenvalue weighted by atomic mass is 79.9. The van der Waals surface area contributed by atoms with Gasteiger partial charge in [-0.05, 0) is 74.0 Å². The minimum Gasteiger partial charge on any atom is -0.378 e. The Kier molecular flexibility index (Phi) is 5.95. The molecule has 0 bridgehead atoms. The fourth-order valence-electron chi connectivity index (χ4n) is 3.89. The number of aromatic nitrogens is 1. The Morgan fingerprint density at radius 2 is 1.64 bits per heavy atom. The molecule has 7 nitrogen and oxygen atoms in total. The van der Waals surface area contributed by atoms with Crippen LogP contribution in [0.2, 0.25) is 0 Å². The van der Waals surface area contributed by atoms with Gasteiger partial charge in [0, 0.05) is 41.3 Å². The van der Waals surface area contributed by atoms with Crippen molar-refractivity contribution in [3.8, 4) is 5.69 Å². The van der Waals surface area contributed by atoms with E-state index in [0.29, 0.717) is 10.2 Å². The smallest absolute Gasteiger partial charge is 0.335 e. The molecule has 1 N–H and O–H groups in total. The molecule has 2 aromatic carbocycles. The number of urea groups is 1. The lowest BCUT2D eigenvalue weighted by atomic mass is 10.1. The van der Waals surface area contributed by atoms with Crippen molar-refractivity contribution in [1.29, 1.82) is 0 Å². The average Bonchev–Trinajstić information content (AvgIpc) is 3.04. The van der Waals surface area contributed by atoms with Crippen LogP contribution in [0.25, 0.3) is 11.8 Å². The van der Waals surface area contributed by atoms with Crippen LogP contribution in [0.3, 0.4) is 0 Å². The molecule has 0 radical (unpaired) electrons. The normalized spacial score (nSPS) is 15.2. The van der Waals surface area contributed by atoms with E-state index < -0.39 is 17.8 Å². The number of anilines is 2. The van der Waals surface area contributed by atoms with Crippen molar-refractivity contribution in [2.75, 3.05) is 23.9 Å². The number of barbiturate groups is 1. The summed E-state index contributed by atoms with van der Waals surface area (Å²) in [5.41, 5.74) is 4.90. The van der Waals surface area contributed by atoms with E-state index in [-0.39, 0.29) is 5.57 Å². The van der Waals surface area contributed by atoms with Gasteiger partial charge < -0.3 is 9.47 Å². The van der Waals surface area contributed by atoms with Gasteiger partial charge in [0.15, 0.2) is 0 Å². The van der Waals surface area contributed by atoms with Crippen LogP contribution in [0.15, 0.2) is 64.6 Å². The van der Waals surface area contributed by atoms with Crippen molar-refractivity contribution in [2.45, 2.75) is 13.8 Å². The summed E-state index contributed by atoms with van der Waals surface area (Å²) in [5.74, 6) is -1.38. The Hall–Kier alpha value is -3.65. The number of amides is 4. The molecule has 33 heavy (non-hydrogen) atoms. The Morgan fingerprint density at radius 1 is 0.939 bits per heavy atom. The summed E-state index contributed by atoms with van der Waals surface area (Å²) in [6.45, 7) is 3.90. The van der Waals surface area contributed by atoms with Gasteiger partial charge in [0.2, 0.25) is 0 Å². The standard InChI is InChI=1S/C25H23BrN4O3/c1-15-12-17(16(2)29(15)20-10-8-19(9-11-20)28(3)4)13-22-23(31)27-25(33)30(24(22)32)21-7-5-6-18(26)14-21/h5-14H,1-4H3,(H,27,31,33)/b22-13+. The number of carbonyl (C=O) groups is 3. The average molecular weight is 507 g/mol. The first-order chi connectivity index (χ1) is 15.7. The molecule has 1 saturated heterocycles. The number of benzene rings is 2. The van der Waals surface area contributed by atoms with E-state index in [0.717, 1.165) is 33.2 Å². The number of carbonyl (C=O) groups excluding carboxylic acids is 3. The monoisotopic (exact) mass is 506 g/mol. The van der Waals surface area contributed by atoms with Crippen LogP contribution in [0.5, 0.6) is 0 Å². The number of hydrogen-bond donors (Lipinski definition) is 1. The second-order valence-corrected chi connectivity index (χ2v) is 8.93. The summed E-state index contributed by atoms with van der Waals surface area (Å²) < 4.78 is 2.78. The summed E-state index contributed by atoms with van der Waals surface area (Å²) in [4.78, 5) is 41.2. The summed E-state index contributed by atoms with van der Waals surface area (Å²) in [6.07, 6.45) is 1.54. The van der Waals surface area contributed by atoms with Gasteiger partial charge in [0.05, 0.1) is 5.69 Å². The number of halogens is 1. The number of nitrogens with zero attached hydrogens (tertiary/aromatic N) is 3. The zero-order valence-corrected chi connectivity index (χ0v) is 20.3. The molecule has 8 heteroatoms. The first-order valence-electron chi connectivity index (χ1n) is 10.3. The zero-order valence-electron chi connectivity index (χ0n) is 18.7. The molecule has 3 aromatic rings. The third-order valence-corrected chi connectivity index (χ3v) is 6.06. The second-order valence-electron chi connectivity index (χ2n) is 8.01. The highest BCUT2D eigenvalue weighted by molar-refractivity contribution is 9.10. The summed E-state index contributed by atoms with van der Waals surface area (Å²) in [6, 6.07) is 16.1. The van der Waals surface area contributed by atoms with Gasteiger partial charge >= 0.3 is 6.03 Å². The maximum Gasteiger partial charge on any atom is 0.335 e. The van der Waals surface area contributed by atoms with Gasteiger partial charge in [-0.1, -0.05) is 22.0 Å². The van der Waals surface area contributed by atoms with E-state index in [1.54, 1.807) is 30.3 Å². The summed E-state index contributed by atoms with van der Waals surface area (Å²) in [5, 5.41) is 2.27. The zero-order chi connectivity index (χ0) is 23.9. The number of rotatable bonds is 4. The summed E-state index contributed by atoms with van der Waals surface area (Å²) in [7, 11) is 3.97. The molecule has 1 aromatic heterocycles. The molecule has 0 spiro atoms. The van der Waals surface area contributed by atoms with Crippen LogP contribution >= 0.6 is 15.9 Å². The predicted octanol–water partition coefficient (Wildman–Crippen LogP) is 4.59. The molecule has 0 unspecified atom stereocenters. The Morgan fingerprint density at radius 3 is 2.27 bits per heavy atom. The van der Waals surface area contributed by atoms with Crippen molar-refractivity contribution in [3.63, 3.8) is 0 Å². The molecule has 4 rings (SSSR count). The van der Waals surface area contributed by atoms with Gasteiger partial charge in [0.1, 0.15) is 5.57 Å². The first kappa shape index (κ1) is 22.5. The first-order valence-corrected chi connectivity index (χ1v) is 11.1. The number of hydrogen-bond acceptors (Lipinski definition) is 4. The molecule has 1 fully saturated rings. The Balaban J connectivity index is 1.73. The van der Waals surface area contributed by atoms with Crippen LogP contribution in [-0.4, -0.2) is 36.5 Å². The molecule has 0 saturated carbocycles. The molecular formula is C25H23BrN4O3. The van der Waals surface area contributed by atoms with Crippen LogP contribution in [0.4, 0.5) is 16.2 Å². The third-order valence-electron chi connectivity index (χ3n) is 5.56. The molecule has 4 amide bonds. The van der Waals surface area contributed by atoms with Crippen molar-refractivity contribution in [2.24, 2.45) is 0 Å². The third kappa shape index (κ3) is 4.21.